The van der Waals surface area contributed by atoms with Gasteiger partial charge in [0.1, 0.15) is 6.61 Å². The van der Waals surface area contributed by atoms with Crippen LogP contribution in [0.15, 0.2) is 47.6 Å². The van der Waals surface area contributed by atoms with Crippen molar-refractivity contribution in [3.8, 4) is 0 Å². The van der Waals surface area contributed by atoms with E-state index in [1.54, 1.807) is 6.21 Å². The largest absolute Gasteiger partial charge is 0.391 e. The molecule has 0 unspecified atom stereocenters. The second-order valence-electron chi connectivity index (χ2n) is 4.17. The highest BCUT2D eigenvalue weighted by Gasteiger charge is 2.02. The predicted octanol–water partition coefficient (Wildman–Crippen LogP) is 3.82. The van der Waals surface area contributed by atoms with E-state index in [9.17, 15) is 8.78 Å². The van der Waals surface area contributed by atoms with Crippen LogP contribution in [-0.2, 0) is 11.4 Å². The lowest BCUT2D eigenvalue weighted by atomic mass is 10.2. The highest BCUT2D eigenvalue weighted by Crippen LogP contribution is 2.09. The van der Waals surface area contributed by atoms with Crippen LogP contribution in [0.3, 0.4) is 0 Å². The summed E-state index contributed by atoms with van der Waals surface area (Å²) in [5, 5.41) is 3.78. The van der Waals surface area contributed by atoms with Crippen LogP contribution in [0.4, 0.5) is 8.78 Å². The zero-order chi connectivity index (χ0) is 13.7. The summed E-state index contributed by atoms with van der Waals surface area (Å²) in [5.74, 6) is -1.75. The third-order valence-electron chi connectivity index (χ3n) is 2.57. The van der Waals surface area contributed by atoms with Crippen molar-refractivity contribution in [1.82, 2.24) is 0 Å². The summed E-state index contributed by atoms with van der Waals surface area (Å²) in [7, 11) is 0. The van der Waals surface area contributed by atoms with Gasteiger partial charge >= 0.3 is 0 Å². The summed E-state index contributed by atoms with van der Waals surface area (Å²) in [6, 6.07) is 11.4. The Balaban J connectivity index is 1.89. The van der Waals surface area contributed by atoms with Gasteiger partial charge in [0.05, 0.1) is 6.21 Å². The van der Waals surface area contributed by atoms with Gasteiger partial charge in [-0.05, 0) is 30.2 Å². The van der Waals surface area contributed by atoms with Gasteiger partial charge in [0.15, 0.2) is 11.6 Å². The number of benzene rings is 2. The molecule has 2 aromatic carbocycles. The number of halogens is 2. The molecule has 0 atom stereocenters. The van der Waals surface area contributed by atoms with Crippen molar-refractivity contribution in [2.45, 2.75) is 13.5 Å². The topological polar surface area (TPSA) is 21.6 Å². The molecule has 19 heavy (non-hydrogen) atoms. The number of rotatable bonds is 4. The summed E-state index contributed by atoms with van der Waals surface area (Å²) in [5.41, 5.74) is 2.61. The Hall–Kier alpha value is -2.23. The molecule has 98 valence electrons. The Bertz CT molecular complexity index is 579. The Labute approximate surface area is 110 Å². The van der Waals surface area contributed by atoms with E-state index in [2.05, 4.69) is 5.16 Å². The van der Waals surface area contributed by atoms with Crippen molar-refractivity contribution in [2.24, 2.45) is 5.16 Å². The second-order valence-corrected chi connectivity index (χ2v) is 4.17. The SMILES string of the molecule is Cc1ccc(C=NOCc2ccc(F)c(F)c2)cc1. The van der Waals surface area contributed by atoms with Crippen LogP contribution in [0.2, 0.25) is 0 Å². The zero-order valence-electron chi connectivity index (χ0n) is 10.4. The maximum atomic E-state index is 12.9. The average molecular weight is 261 g/mol. The molecule has 0 radical (unpaired) electrons. The lowest BCUT2D eigenvalue weighted by Crippen LogP contribution is -1.91. The van der Waals surface area contributed by atoms with Gasteiger partial charge in [-0.25, -0.2) is 8.78 Å². The first-order valence-corrected chi connectivity index (χ1v) is 5.81. The molecular formula is C15H13F2NO. The van der Waals surface area contributed by atoms with E-state index in [-0.39, 0.29) is 6.61 Å². The highest BCUT2D eigenvalue weighted by atomic mass is 19.2. The first-order valence-electron chi connectivity index (χ1n) is 5.81. The number of hydrogen-bond donors (Lipinski definition) is 0. The molecular weight excluding hydrogens is 248 g/mol. The molecule has 0 amide bonds. The molecule has 2 nitrogen and oxygen atoms in total. The fourth-order valence-corrected chi connectivity index (χ4v) is 1.49. The number of oxime groups is 1. The molecule has 4 heteroatoms. The minimum absolute atomic E-state index is 0.0968. The zero-order valence-corrected chi connectivity index (χ0v) is 10.4. The van der Waals surface area contributed by atoms with Gasteiger partial charge in [0.25, 0.3) is 0 Å². The minimum Gasteiger partial charge on any atom is -0.391 e. The Morgan fingerprint density at radius 2 is 1.79 bits per heavy atom. The molecule has 0 saturated carbocycles. The van der Waals surface area contributed by atoms with Gasteiger partial charge in [-0.1, -0.05) is 41.1 Å². The van der Waals surface area contributed by atoms with Crippen molar-refractivity contribution >= 4 is 6.21 Å². The van der Waals surface area contributed by atoms with Crippen LogP contribution >= 0.6 is 0 Å². The number of aryl methyl sites for hydroxylation is 1. The smallest absolute Gasteiger partial charge is 0.159 e. The van der Waals surface area contributed by atoms with E-state index in [4.69, 9.17) is 4.84 Å². The van der Waals surface area contributed by atoms with Crippen molar-refractivity contribution in [2.75, 3.05) is 0 Å². The molecule has 0 aliphatic heterocycles. The maximum absolute atomic E-state index is 12.9. The molecule has 0 heterocycles. The Kier molecular flexibility index (Phi) is 4.23. The van der Waals surface area contributed by atoms with E-state index < -0.39 is 11.6 Å². The van der Waals surface area contributed by atoms with Crippen molar-refractivity contribution in [3.63, 3.8) is 0 Å². The van der Waals surface area contributed by atoms with Crippen LogP contribution in [0.25, 0.3) is 0 Å². The lowest BCUT2D eigenvalue weighted by Gasteiger charge is -2.00. The molecule has 0 N–H and O–H groups in total. The van der Waals surface area contributed by atoms with Gasteiger partial charge in [-0.15, -0.1) is 0 Å². The molecule has 2 aromatic rings. The van der Waals surface area contributed by atoms with Crippen LogP contribution in [-0.4, -0.2) is 6.21 Å². The first-order chi connectivity index (χ1) is 9.15. The number of nitrogens with zero attached hydrogens (tertiary/aromatic N) is 1. The Morgan fingerprint density at radius 1 is 1.05 bits per heavy atom. The van der Waals surface area contributed by atoms with Crippen LogP contribution in [0.5, 0.6) is 0 Å². The molecule has 0 fully saturated rings. The van der Waals surface area contributed by atoms with E-state index in [1.165, 1.54) is 11.6 Å². The molecule has 0 bridgehead atoms. The van der Waals surface area contributed by atoms with Gasteiger partial charge in [0.2, 0.25) is 0 Å². The standard InChI is InChI=1S/C15H13F2NO/c1-11-2-4-12(5-3-11)9-18-19-10-13-6-7-14(16)15(17)8-13/h2-9H,10H2,1H3. The van der Waals surface area contributed by atoms with E-state index in [0.29, 0.717) is 5.56 Å². The van der Waals surface area contributed by atoms with E-state index in [0.717, 1.165) is 17.7 Å². The van der Waals surface area contributed by atoms with Crippen LogP contribution < -0.4 is 0 Å². The number of hydrogen-bond acceptors (Lipinski definition) is 2. The van der Waals surface area contributed by atoms with Crippen LogP contribution in [0.1, 0.15) is 16.7 Å². The summed E-state index contributed by atoms with van der Waals surface area (Å²) in [6.07, 6.45) is 1.57. The first kappa shape index (κ1) is 13.2. The van der Waals surface area contributed by atoms with Gasteiger partial charge in [0, 0.05) is 0 Å². The Morgan fingerprint density at radius 3 is 2.47 bits per heavy atom. The van der Waals surface area contributed by atoms with Gasteiger partial charge < -0.3 is 4.84 Å². The summed E-state index contributed by atoms with van der Waals surface area (Å²) < 4.78 is 25.6. The summed E-state index contributed by atoms with van der Waals surface area (Å²) >= 11 is 0. The van der Waals surface area contributed by atoms with Gasteiger partial charge in [-0.3, -0.25) is 0 Å². The van der Waals surface area contributed by atoms with E-state index in [1.807, 2.05) is 31.2 Å². The molecule has 0 aliphatic rings. The quantitative estimate of drug-likeness (QED) is 0.605. The van der Waals surface area contributed by atoms with Crippen LogP contribution in [0, 0.1) is 18.6 Å². The van der Waals surface area contributed by atoms with E-state index >= 15 is 0 Å². The second kappa shape index (κ2) is 6.09. The summed E-state index contributed by atoms with van der Waals surface area (Å²) in [6.45, 7) is 2.10. The summed E-state index contributed by atoms with van der Waals surface area (Å²) in [4.78, 5) is 5.03. The van der Waals surface area contributed by atoms with Gasteiger partial charge in [-0.2, -0.15) is 0 Å². The van der Waals surface area contributed by atoms with Crippen molar-refractivity contribution in [1.29, 1.82) is 0 Å². The third-order valence-corrected chi connectivity index (χ3v) is 2.57. The highest BCUT2D eigenvalue weighted by molar-refractivity contribution is 5.79. The maximum Gasteiger partial charge on any atom is 0.159 e. The third kappa shape index (κ3) is 3.88. The fraction of sp³-hybridized carbons (Fsp3) is 0.133. The predicted molar refractivity (Wildman–Crippen MR) is 69.9 cm³/mol. The molecule has 0 spiro atoms. The molecule has 0 aliphatic carbocycles. The fourth-order valence-electron chi connectivity index (χ4n) is 1.49. The monoisotopic (exact) mass is 261 g/mol. The molecule has 0 aromatic heterocycles. The molecule has 0 saturated heterocycles. The normalized spacial score (nSPS) is 10.9. The minimum atomic E-state index is -0.886. The average Bonchev–Trinajstić information content (AvgIpc) is 2.41. The lowest BCUT2D eigenvalue weighted by molar-refractivity contribution is 0.132. The van der Waals surface area contributed by atoms with Crippen molar-refractivity contribution < 1.29 is 13.6 Å². The van der Waals surface area contributed by atoms with Crippen molar-refractivity contribution in [3.05, 3.63) is 70.8 Å². The molecule has 2 rings (SSSR count).